The molecule has 0 radical (unpaired) electrons. The lowest BCUT2D eigenvalue weighted by molar-refractivity contribution is -0.394. The molecule has 0 aliphatic rings. The van der Waals surface area contributed by atoms with Crippen molar-refractivity contribution in [3.05, 3.63) is 44.0 Å². The Labute approximate surface area is 126 Å². The summed E-state index contributed by atoms with van der Waals surface area (Å²) in [5.74, 6) is -0.483. The molecule has 0 aromatic heterocycles. The topological polar surface area (TPSA) is 136 Å². The second-order valence-electron chi connectivity index (χ2n) is 5.23. The van der Waals surface area contributed by atoms with E-state index in [4.69, 9.17) is 0 Å². The van der Waals surface area contributed by atoms with Crippen LogP contribution in [0.5, 0.6) is 0 Å². The van der Waals surface area contributed by atoms with E-state index in [-0.39, 0.29) is 18.1 Å². The number of aliphatic hydroxyl groups excluding tert-OH is 1. The van der Waals surface area contributed by atoms with Gasteiger partial charge < -0.3 is 10.4 Å². The maximum absolute atomic E-state index is 12.1. The van der Waals surface area contributed by atoms with E-state index in [1.165, 1.54) is 0 Å². The average molecular weight is 311 g/mol. The summed E-state index contributed by atoms with van der Waals surface area (Å²) in [6, 6.07) is 2.19. The van der Waals surface area contributed by atoms with Gasteiger partial charge in [0.15, 0.2) is 0 Å². The van der Waals surface area contributed by atoms with E-state index in [1.807, 2.05) is 13.8 Å². The highest BCUT2D eigenvalue weighted by Gasteiger charge is 2.21. The van der Waals surface area contributed by atoms with Gasteiger partial charge in [-0.05, 0) is 12.3 Å². The van der Waals surface area contributed by atoms with Gasteiger partial charge in [-0.3, -0.25) is 25.0 Å². The minimum Gasteiger partial charge on any atom is -0.394 e. The van der Waals surface area contributed by atoms with E-state index >= 15 is 0 Å². The highest BCUT2D eigenvalue weighted by atomic mass is 16.6. The molecule has 1 amide bonds. The van der Waals surface area contributed by atoms with Gasteiger partial charge in [-0.2, -0.15) is 0 Å². The molecule has 1 atom stereocenters. The van der Waals surface area contributed by atoms with E-state index in [0.29, 0.717) is 6.42 Å². The van der Waals surface area contributed by atoms with Crippen molar-refractivity contribution >= 4 is 17.3 Å². The molecule has 1 aromatic rings. The first-order valence-corrected chi connectivity index (χ1v) is 6.60. The maximum atomic E-state index is 12.1. The van der Waals surface area contributed by atoms with Crippen LogP contribution in [-0.4, -0.2) is 33.5 Å². The molecule has 1 aromatic carbocycles. The predicted octanol–water partition coefficient (Wildman–Crippen LogP) is 1.64. The molecule has 0 heterocycles. The highest BCUT2D eigenvalue weighted by Crippen LogP contribution is 2.22. The lowest BCUT2D eigenvalue weighted by atomic mass is 10.0. The zero-order valence-electron chi connectivity index (χ0n) is 12.2. The third-order valence-electron chi connectivity index (χ3n) is 2.90. The van der Waals surface area contributed by atoms with Crippen LogP contribution >= 0.6 is 0 Å². The summed E-state index contributed by atoms with van der Waals surface area (Å²) in [7, 11) is 0. The van der Waals surface area contributed by atoms with Crippen LogP contribution in [0.25, 0.3) is 0 Å². The molecule has 0 bridgehead atoms. The Morgan fingerprint density at radius 3 is 2.05 bits per heavy atom. The first kappa shape index (κ1) is 17.5. The van der Waals surface area contributed by atoms with Crippen molar-refractivity contribution in [3.8, 4) is 0 Å². The van der Waals surface area contributed by atoms with Crippen LogP contribution < -0.4 is 5.32 Å². The number of carbonyl (C=O) groups is 1. The molecule has 1 unspecified atom stereocenters. The van der Waals surface area contributed by atoms with Crippen molar-refractivity contribution in [1.82, 2.24) is 5.32 Å². The summed E-state index contributed by atoms with van der Waals surface area (Å²) >= 11 is 0. The first-order valence-electron chi connectivity index (χ1n) is 6.60. The number of hydrogen-bond donors (Lipinski definition) is 2. The maximum Gasteiger partial charge on any atom is 0.277 e. The van der Waals surface area contributed by atoms with Crippen LogP contribution in [0.1, 0.15) is 30.6 Å². The zero-order chi connectivity index (χ0) is 16.9. The number of aliphatic hydroxyl groups is 1. The lowest BCUT2D eigenvalue weighted by Crippen LogP contribution is -2.38. The Hall–Kier alpha value is -2.55. The second kappa shape index (κ2) is 7.46. The summed E-state index contributed by atoms with van der Waals surface area (Å²) in [4.78, 5) is 32.0. The molecule has 0 aliphatic carbocycles. The van der Waals surface area contributed by atoms with Crippen molar-refractivity contribution in [2.45, 2.75) is 26.3 Å². The van der Waals surface area contributed by atoms with Crippen molar-refractivity contribution < 1.29 is 19.7 Å². The van der Waals surface area contributed by atoms with Crippen molar-refractivity contribution in [3.63, 3.8) is 0 Å². The van der Waals surface area contributed by atoms with Crippen LogP contribution in [0.2, 0.25) is 0 Å². The number of rotatable bonds is 7. The zero-order valence-corrected chi connectivity index (χ0v) is 12.2. The molecule has 9 nitrogen and oxygen atoms in total. The van der Waals surface area contributed by atoms with E-state index in [9.17, 15) is 30.1 Å². The lowest BCUT2D eigenvalue weighted by Gasteiger charge is -2.18. The van der Waals surface area contributed by atoms with Crippen molar-refractivity contribution in [2.24, 2.45) is 5.92 Å². The third-order valence-corrected chi connectivity index (χ3v) is 2.90. The first-order chi connectivity index (χ1) is 10.2. The number of nitro benzene ring substituents is 2. The fourth-order valence-corrected chi connectivity index (χ4v) is 1.95. The van der Waals surface area contributed by atoms with Gasteiger partial charge in [0.05, 0.1) is 34.1 Å². The van der Waals surface area contributed by atoms with Gasteiger partial charge >= 0.3 is 0 Å². The number of hydrogen-bond acceptors (Lipinski definition) is 6. The SMILES string of the molecule is CC(C)CC(CO)NC(=O)c1cc([N+](=O)[O-])cc([N+](=O)[O-])c1. The second-order valence-corrected chi connectivity index (χ2v) is 5.23. The molecular weight excluding hydrogens is 294 g/mol. The summed E-state index contributed by atoms with van der Waals surface area (Å²) in [6.07, 6.45) is 0.513. The van der Waals surface area contributed by atoms with Gasteiger partial charge in [0.25, 0.3) is 17.3 Å². The summed E-state index contributed by atoms with van der Waals surface area (Å²) in [5, 5.41) is 33.3. The van der Waals surface area contributed by atoms with E-state index in [2.05, 4.69) is 5.32 Å². The number of nitrogens with one attached hydrogen (secondary N) is 1. The van der Waals surface area contributed by atoms with Crippen LogP contribution in [0.15, 0.2) is 18.2 Å². The van der Waals surface area contributed by atoms with Crippen LogP contribution in [-0.2, 0) is 0 Å². The Balaban J connectivity index is 3.06. The predicted molar refractivity (Wildman–Crippen MR) is 77.5 cm³/mol. The number of non-ortho nitro benzene ring substituents is 2. The number of nitro groups is 2. The summed E-state index contributed by atoms with van der Waals surface area (Å²) in [6.45, 7) is 3.53. The Bertz CT molecular complexity index is 555. The minimum atomic E-state index is -0.804. The molecule has 0 aliphatic heterocycles. The molecule has 2 N–H and O–H groups in total. The van der Waals surface area contributed by atoms with E-state index < -0.39 is 33.2 Å². The molecule has 9 heteroatoms. The smallest absolute Gasteiger partial charge is 0.277 e. The summed E-state index contributed by atoms with van der Waals surface area (Å²) in [5.41, 5.74) is -1.27. The fraction of sp³-hybridized carbons (Fsp3) is 0.462. The van der Waals surface area contributed by atoms with Gasteiger partial charge in [0.2, 0.25) is 0 Å². The van der Waals surface area contributed by atoms with Gasteiger partial charge in [-0.25, -0.2) is 0 Å². The van der Waals surface area contributed by atoms with Crippen LogP contribution in [0, 0.1) is 26.1 Å². The van der Waals surface area contributed by atoms with Crippen molar-refractivity contribution in [2.75, 3.05) is 6.61 Å². The van der Waals surface area contributed by atoms with Gasteiger partial charge in [-0.15, -0.1) is 0 Å². The number of carbonyl (C=O) groups excluding carboxylic acids is 1. The standard InChI is InChI=1S/C13H17N3O6/c1-8(2)3-10(7-17)14-13(18)9-4-11(15(19)20)6-12(5-9)16(21)22/h4-6,8,10,17H,3,7H2,1-2H3,(H,14,18). The number of amides is 1. The van der Waals surface area contributed by atoms with E-state index in [0.717, 1.165) is 18.2 Å². The Morgan fingerprint density at radius 1 is 1.18 bits per heavy atom. The quantitative estimate of drug-likeness (QED) is 0.580. The fourth-order valence-electron chi connectivity index (χ4n) is 1.95. The van der Waals surface area contributed by atoms with Crippen LogP contribution in [0.3, 0.4) is 0 Å². The van der Waals surface area contributed by atoms with Crippen molar-refractivity contribution in [1.29, 1.82) is 0 Å². The molecule has 22 heavy (non-hydrogen) atoms. The van der Waals surface area contributed by atoms with Crippen LogP contribution in [0.4, 0.5) is 11.4 Å². The molecule has 0 saturated heterocycles. The number of benzene rings is 1. The van der Waals surface area contributed by atoms with Gasteiger partial charge in [-0.1, -0.05) is 13.8 Å². The summed E-state index contributed by atoms with van der Waals surface area (Å²) < 4.78 is 0. The largest absolute Gasteiger partial charge is 0.394 e. The molecule has 0 saturated carbocycles. The van der Waals surface area contributed by atoms with E-state index in [1.54, 1.807) is 0 Å². The van der Waals surface area contributed by atoms with Gasteiger partial charge in [0, 0.05) is 12.1 Å². The molecule has 120 valence electrons. The average Bonchev–Trinajstić information content (AvgIpc) is 2.45. The third kappa shape index (κ3) is 4.77. The minimum absolute atomic E-state index is 0.192. The molecule has 1 rings (SSSR count). The molecule has 0 fully saturated rings. The Morgan fingerprint density at radius 2 is 1.68 bits per heavy atom. The number of nitrogens with zero attached hydrogens (tertiary/aromatic N) is 2. The Kier molecular flexibility index (Phi) is 5.93. The molecular formula is C13H17N3O6. The molecule has 0 spiro atoms. The highest BCUT2D eigenvalue weighted by molar-refractivity contribution is 5.95. The normalized spacial score (nSPS) is 12.0. The van der Waals surface area contributed by atoms with Gasteiger partial charge in [0.1, 0.15) is 0 Å². The monoisotopic (exact) mass is 311 g/mol.